The maximum absolute atomic E-state index is 12.0. The first-order valence-corrected chi connectivity index (χ1v) is 8.93. The fourth-order valence-electron chi connectivity index (χ4n) is 2.38. The third kappa shape index (κ3) is 4.32. The maximum atomic E-state index is 12.0. The molecule has 3 aromatic rings. The second kappa shape index (κ2) is 7.93. The molecule has 0 saturated heterocycles. The summed E-state index contributed by atoms with van der Waals surface area (Å²) in [7, 11) is 0. The highest BCUT2D eigenvalue weighted by Gasteiger charge is 2.09. The first-order valence-electron chi connectivity index (χ1n) is 8.12. The molecule has 1 aromatic heterocycles. The van der Waals surface area contributed by atoms with E-state index in [1.807, 2.05) is 36.4 Å². The van der Waals surface area contributed by atoms with Gasteiger partial charge in [-0.25, -0.2) is 4.98 Å². The predicted molar refractivity (Wildman–Crippen MR) is 98.8 cm³/mol. The molecule has 0 saturated carbocycles. The van der Waals surface area contributed by atoms with E-state index in [-0.39, 0.29) is 12.5 Å². The fraction of sp³-hybridized carbons (Fsp3) is 0.263. The van der Waals surface area contributed by atoms with Crippen molar-refractivity contribution >= 4 is 32.6 Å². The smallest absolute Gasteiger partial charge is 0.264 e. The van der Waals surface area contributed by atoms with Gasteiger partial charge in [0.1, 0.15) is 5.75 Å². The lowest BCUT2D eigenvalue weighted by Crippen LogP contribution is -2.19. The molecule has 0 radical (unpaired) electrons. The zero-order valence-electron chi connectivity index (χ0n) is 13.6. The summed E-state index contributed by atoms with van der Waals surface area (Å²) in [6.07, 6.45) is 3.45. The van der Waals surface area contributed by atoms with Crippen molar-refractivity contribution in [3.63, 3.8) is 0 Å². The molecule has 0 fully saturated rings. The fourth-order valence-corrected chi connectivity index (χ4v) is 3.33. The van der Waals surface area contributed by atoms with Crippen LogP contribution < -0.4 is 10.1 Å². The van der Waals surface area contributed by atoms with Gasteiger partial charge >= 0.3 is 0 Å². The number of aryl methyl sites for hydroxylation is 1. The van der Waals surface area contributed by atoms with Crippen molar-refractivity contribution in [2.24, 2.45) is 0 Å². The number of thiazole rings is 1. The molecule has 0 aliphatic rings. The van der Waals surface area contributed by atoms with Gasteiger partial charge < -0.3 is 4.74 Å². The lowest BCUT2D eigenvalue weighted by atomic mass is 10.1. The van der Waals surface area contributed by atoms with Gasteiger partial charge in [0.25, 0.3) is 5.91 Å². The van der Waals surface area contributed by atoms with Crippen LogP contribution in [0.5, 0.6) is 5.75 Å². The highest BCUT2D eigenvalue weighted by atomic mass is 32.1. The minimum Gasteiger partial charge on any atom is -0.484 e. The number of para-hydroxylation sites is 1. The van der Waals surface area contributed by atoms with E-state index in [0.29, 0.717) is 10.9 Å². The Morgan fingerprint density at radius 1 is 1.21 bits per heavy atom. The Labute approximate surface area is 145 Å². The number of carbonyl (C=O) groups is 1. The molecule has 0 aliphatic carbocycles. The summed E-state index contributed by atoms with van der Waals surface area (Å²) in [5, 5.41) is 3.42. The highest BCUT2D eigenvalue weighted by Crippen LogP contribution is 2.27. The van der Waals surface area contributed by atoms with Crippen molar-refractivity contribution < 1.29 is 9.53 Å². The van der Waals surface area contributed by atoms with Crippen LogP contribution in [0.1, 0.15) is 25.3 Å². The van der Waals surface area contributed by atoms with Crippen LogP contribution in [0.2, 0.25) is 0 Å². The summed E-state index contributed by atoms with van der Waals surface area (Å²) >= 11 is 1.50. The van der Waals surface area contributed by atoms with E-state index in [9.17, 15) is 4.79 Å². The number of amides is 1. The lowest BCUT2D eigenvalue weighted by molar-refractivity contribution is -0.118. The van der Waals surface area contributed by atoms with Gasteiger partial charge in [0, 0.05) is 0 Å². The van der Waals surface area contributed by atoms with Gasteiger partial charge in [0.2, 0.25) is 0 Å². The van der Waals surface area contributed by atoms with E-state index in [2.05, 4.69) is 29.4 Å². The Morgan fingerprint density at radius 2 is 2.04 bits per heavy atom. The molecule has 24 heavy (non-hydrogen) atoms. The molecule has 5 heteroatoms. The van der Waals surface area contributed by atoms with E-state index in [1.54, 1.807) is 0 Å². The number of unbranched alkanes of at least 4 members (excludes halogenated alkanes) is 1. The van der Waals surface area contributed by atoms with Crippen molar-refractivity contribution in [2.75, 3.05) is 11.9 Å². The van der Waals surface area contributed by atoms with Gasteiger partial charge in [0.05, 0.1) is 10.2 Å². The first-order chi connectivity index (χ1) is 11.7. The Morgan fingerprint density at radius 3 is 2.83 bits per heavy atom. The molecule has 124 valence electrons. The van der Waals surface area contributed by atoms with Crippen molar-refractivity contribution in [1.82, 2.24) is 4.98 Å². The zero-order chi connectivity index (χ0) is 16.8. The molecule has 1 N–H and O–H groups in total. The number of benzene rings is 2. The van der Waals surface area contributed by atoms with Gasteiger partial charge in [-0.05, 0) is 42.7 Å². The van der Waals surface area contributed by atoms with Crippen molar-refractivity contribution in [1.29, 1.82) is 0 Å². The Kier molecular flexibility index (Phi) is 5.43. The molecule has 4 nitrogen and oxygen atoms in total. The van der Waals surface area contributed by atoms with E-state index in [0.717, 1.165) is 16.6 Å². The summed E-state index contributed by atoms with van der Waals surface area (Å²) in [5.74, 6) is 0.474. The number of nitrogens with one attached hydrogen (secondary N) is 1. The van der Waals surface area contributed by atoms with Gasteiger partial charge in [-0.1, -0.05) is 48.9 Å². The first kappa shape index (κ1) is 16.5. The molecular formula is C19H20N2O2S. The number of ether oxygens (including phenoxy) is 1. The van der Waals surface area contributed by atoms with Crippen molar-refractivity contribution in [3.05, 3.63) is 54.1 Å². The molecule has 1 heterocycles. The molecule has 0 unspecified atom stereocenters. The third-order valence-corrected chi connectivity index (χ3v) is 4.56. The number of aromatic nitrogens is 1. The molecule has 0 atom stereocenters. The van der Waals surface area contributed by atoms with Crippen LogP contribution >= 0.6 is 11.3 Å². The number of hydrogen-bond donors (Lipinski definition) is 1. The summed E-state index contributed by atoms with van der Waals surface area (Å²) in [6, 6.07) is 15.6. The average molecular weight is 340 g/mol. The van der Waals surface area contributed by atoms with Crippen LogP contribution in [0.3, 0.4) is 0 Å². The molecule has 0 spiro atoms. The molecule has 3 rings (SSSR count). The molecule has 2 aromatic carbocycles. The maximum Gasteiger partial charge on any atom is 0.264 e. The second-order valence-electron chi connectivity index (χ2n) is 5.57. The molecule has 0 bridgehead atoms. The summed E-state index contributed by atoms with van der Waals surface area (Å²) in [6.45, 7) is 2.16. The topological polar surface area (TPSA) is 51.2 Å². The Bertz CT molecular complexity index is 815. The normalized spacial score (nSPS) is 10.7. The van der Waals surface area contributed by atoms with Gasteiger partial charge in [0.15, 0.2) is 11.7 Å². The third-order valence-electron chi connectivity index (χ3n) is 3.63. The van der Waals surface area contributed by atoms with Crippen LogP contribution in [-0.2, 0) is 11.2 Å². The van der Waals surface area contributed by atoms with Crippen LogP contribution in [-0.4, -0.2) is 17.5 Å². The average Bonchev–Trinajstić information content (AvgIpc) is 3.00. The molecule has 1 amide bonds. The van der Waals surface area contributed by atoms with Crippen molar-refractivity contribution in [3.8, 4) is 5.75 Å². The molecule has 0 aliphatic heterocycles. The number of rotatable bonds is 7. The quantitative estimate of drug-likeness (QED) is 0.681. The van der Waals surface area contributed by atoms with Crippen LogP contribution in [0, 0.1) is 0 Å². The summed E-state index contributed by atoms with van der Waals surface area (Å²) in [4.78, 5) is 16.5. The van der Waals surface area contributed by atoms with Gasteiger partial charge in [-0.3, -0.25) is 10.1 Å². The standard InChI is InChI=1S/C19H20N2O2S/c1-2-3-7-14-10-11-16-17(12-14)24-19(20-16)21-18(22)13-23-15-8-5-4-6-9-15/h4-6,8-12H,2-3,7,13H2,1H3,(H,20,21,22). The van der Waals surface area contributed by atoms with Crippen LogP contribution in [0.4, 0.5) is 5.13 Å². The lowest BCUT2D eigenvalue weighted by Gasteiger charge is -2.04. The van der Waals surface area contributed by atoms with Gasteiger partial charge in [-0.2, -0.15) is 0 Å². The minimum absolute atomic E-state index is 0.0261. The van der Waals surface area contributed by atoms with E-state index in [4.69, 9.17) is 4.74 Å². The monoisotopic (exact) mass is 340 g/mol. The second-order valence-corrected chi connectivity index (χ2v) is 6.61. The van der Waals surface area contributed by atoms with Crippen LogP contribution in [0.15, 0.2) is 48.5 Å². The SMILES string of the molecule is CCCCc1ccc2nc(NC(=O)COc3ccccc3)sc2c1. The van der Waals surface area contributed by atoms with E-state index >= 15 is 0 Å². The van der Waals surface area contributed by atoms with Gasteiger partial charge in [-0.15, -0.1) is 0 Å². The van der Waals surface area contributed by atoms with Crippen molar-refractivity contribution in [2.45, 2.75) is 26.2 Å². The largest absolute Gasteiger partial charge is 0.484 e. The summed E-state index contributed by atoms with van der Waals surface area (Å²) in [5.41, 5.74) is 2.23. The molecular weight excluding hydrogens is 320 g/mol. The van der Waals surface area contributed by atoms with E-state index < -0.39 is 0 Å². The zero-order valence-corrected chi connectivity index (χ0v) is 14.4. The van der Waals surface area contributed by atoms with E-state index in [1.165, 1.54) is 29.7 Å². The Balaban J connectivity index is 1.61. The summed E-state index contributed by atoms with van der Waals surface area (Å²) < 4.78 is 6.54. The number of carbonyl (C=O) groups excluding carboxylic acids is 1. The highest BCUT2D eigenvalue weighted by molar-refractivity contribution is 7.22. The number of nitrogens with zero attached hydrogens (tertiary/aromatic N) is 1. The minimum atomic E-state index is -0.205. The number of anilines is 1. The predicted octanol–water partition coefficient (Wildman–Crippen LogP) is 4.66. The number of fused-ring (bicyclic) bond motifs is 1. The number of hydrogen-bond acceptors (Lipinski definition) is 4. The van der Waals surface area contributed by atoms with Crippen LogP contribution in [0.25, 0.3) is 10.2 Å². The Hall–Kier alpha value is -2.40.